The average Bonchev–Trinajstić information content (AvgIpc) is 3.40. The summed E-state index contributed by atoms with van der Waals surface area (Å²) in [4.78, 5) is 17.8. The maximum atomic E-state index is 12.2. The molecule has 5 heteroatoms. The summed E-state index contributed by atoms with van der Waals surface area (Å²) in [6, 6.07) is 8.34. The third-order valence-electron chi connectivity index (χ3n) is 5.48. The van der Waals surface area contributed by atoms with Crippen molar-refractivity contribution in [2.24, 2.45) is 11.3 Å². The van der Waals surface area contributed by atoms with E-state index in [1.807, 2.05) is 12.3 Å². The van der Waals surface area contributed by atoms with Gasteiger partial charge >= 0.3 is 0 Å². The van der Waals surface area contributed by atoms with Gasteiger partial charge in [0.25, 0.3) is 0 Å². The van der Waals surface area contributed by atoms with Crippen LogP contribution < -0.4 is 10.0 Å². The Hall–Kier alpha value is -1.59. The fraction of sp³-hybridized carbons (Fsp3) is 0.444. The molecule has 0 atom stereocenters. The van der Waals surface area contributed by atoms with Gasteiger partial charge in [-0.1, -0.05) is 6.07 Å². The molecule has 0 aliphatic heterocycles. The molecule has 1 amide bonds. The number of nitrogens with zero attached hydrogens (tertiary/aromatic N) is 1. The molecule has 3 fully saturated rings. The molecule has 0 radical (unpaired) electrons. The molecule has 0 bridgehead atoms. The van der Waals surface area contributed by atoms with E-state index in [1.165, 1.54) is 17.7 Å². The lowest BCUT2D eigenvalue weighted by molar-refractivity contribution is -0.119. The van der Waals surface area contributed by atoms with Crippen molar-refractivity contribution in [1.82, 2.24) is 9.71 Å². The number of aromatic nitrogens is 1. The van der Waals surface area contributed by atoms with Crippen LogP contribution in [0.4, 0.5) is 5.82 Å². The zero-order valence-corrected chi connectivity index (χ0v) is 13.9. The number of nitrogens with one attached hydrogen (secondary N) is 2. The molecular formula is C18H19N3OS. The number of pyridine rings is 1. The van der Waals surface area contributed by atoms with Crippen LogP contribution in [0.2, 0.25) is 0 Å². The molecule has 1 heterocycles. The molecule has 0 saturated heterocycles. The fourth-order valence-corrected chi connectivity index (χ4v) is 3.93. The van der Waals surface area contributed by atoms with Crippen molar-refractivity contribution < 1.29 is 4.79 Å². The van der Waals surface area contributed by atoms with E-state index in [0.29, 0.717) is 17.3 Å². The maximum absolute atomic E-state index is 12.2. The van der Waals surface area contributed by atoms with Crippen LogP contribution in [0.1, 0.15) is 32.6 Å². The normalized spacial score (nSPS) is 29.0. The summed E-state index contributed by atoms with van der Waals surface area (Å²) >= 11 is 1.69. The molecule has 4 nitrogen and oxygen atoms in total. The second kappa shape index (κ2) is 4.48. The molecule has 3 saturated carbocycles. The number of hydrogen-bond donors (Lipinski definition) is 2. The smallest absolute Gasteiger partial charge is 0.232 e. The first-order chi connectivity index (χ1) is 11.1. The highest BCUT2D eigenvalue weighted by molar-refractivity contribution is 7.97. The monoisotopic (exact) mass is 325 g/mol. The summed E-state index contributed by atoms with van der Waals surface area (Å²) in [6.07, 6.45) is 6.46. The lowest BCUT2D eigenvalue weighted by Crippen LogP contribution is -2.19. The number of carbonyl (C=O) groups is 1. The minimum Gasteiger partial charge on any atom is -0.310 e. The van der Waals surface area contributed by atoms with Crippen LogP contribution in [0.15, 0.2) is 35.4 Å². The van der Waals surface area contributed by atoms with Crippen molar-refractivity contribution in [3.63, 3.8) is 0 Å². The van der Waals surface area contributed by atoms with Gasteiger partial charge < -0.3 is 5.32 Å². The molecule has 1 aromatic heterocycles. The van der Waals surface area contributed by atoms with Crippen molar-refractivity contribution in [3.05, 3.63) is 30.5 Å². The summed E-state index contributed by atoms with van der Waals surface area (Å²) in [5, 5.41) is 5.20. The van der Waals surface area contributed by atoms with Crippen LogP contribution in [-0.4, -0.2) is 16.4 Å². The molecule has 2 aromatic rings. The highest BCUT2D eigenvalue weighted by Crippen LogP contribution is 2.75. The Morgan fingerprint density at radius 1 is 1.26 bits per heavy atom. The maximum Gasteiger partial charge on any atom is 0.232 e. The molecule has 118 valence electrons. The minimum atomic E-state index is -0.0159. The van der Waals surface area contributed by atoms with Gasteiger partial charge in [-0.3, -0.25) is 9.52 Å². The molecule has 2 N–H and O–H groups in total. The van der Waals surface area contributed by atoms with E-state index in [9.17, 15) is 4.79 Å². The molecule has 5 rings (SSSR count). The van der Waals surface area contributed by atoms with E-state index in [1.54, 1.807) is 11.9 Å². The number of fused-ring (bicyclic) bond motifs is 2. The quantitative estimate of drug-likeness (QED) is 0.823. The number of carbonyl (C=O) groups excluding carboxylic acids is 1. The predicted octanol–water partition coefficient (Wildman–Crippen LogP) is 3.73. The van der Waals surface area contributed by atoms with Gasteiger partial charge in [0, 0.05) is 22.0 Å². The topological polar surface area (TPSA) is 54.0 Å². The Bertz CT molecular complexity index is 824. The predicted molar refractivity (Wildman–Crippen MR) is 92.2 cm³/mol. The van der Waals surface area contributed by atoms with E-state index in [2.05, 4.69) is 40.1 Å². The molecule has 0 unspecified atom stereocenters. The van der Waals surface area contributed by atoms with Crippen LogP contribution in [0.3, 0.4) is 0 Å². The lowest BCUT2D eigenvalue weighted by atomic mass is 10.1. The molecule has 23 heavy (non-hydrogen) atoms. The van der Waals surface area contributed by atoms with Crippen LogP contribution in [0, 0.1) is 11.3 Å². The van der Waals surface area contributed by atoms with E-state index < -0.39 is 0 Å². The summed E-state index contributed by atoms with van der Waals surface area (Å²) < 4.78 is 3.53. The first-order valence-electron chi connectivity index (χ1n) is 8.22. The van der Waals surface area contributed by atoms with E-state index in [4.69, 9.17) is 0 Å². The average molecular weight is 325 g/mol. The summed E-state index contributed by atoms with van der Waals surface area (Å²) in [5.41, 5.74) is 0.291. The first kappa shape index (κ1) is 13.8. The molecule has 1 aromatic carbocycles. The molecular weight excluding hydrogens is 306 g/mol. The van der Waals surface area contributed by atoms with Gasteiger partial charge in [-0.2, -0.15) is 0 Å². The molecule has 0 spiro atoms. The lowest BCUT2D eigenvalue weighted by Gasteiger charge is -2.11. The SMILES string of the molecule is CC1(NSc2ccc3cnc(NC(=O)C45CC4C5)cc3c2)CC1. The van der Waals surface area contributed by atoms with Gasteiger partial charge in [0.2, 0.25) is 5.91 Å². The summed E-state index contributed by atoms with van der Waals surface area (Å²) in [6.45, 7) is 2.25. The third kappa shape index (κ3) is 2.42. The number of hydrogen-bond acceptors (Lipinski definition) is 4. The van der Waals surface area contributed by atoms with Gasteiger partial charge in [-0.15, -0.1) is 0 Å². The highest BCUT2D eigenvalue weighted by atomic mass is 32.2. The van der Waals surface area contributed by atoms with Crippen molar-refractivity contribution in [1.29, 1.82) is 0 Å². The van der Waals surface area contributed by atoms with Crippen LogP contribution in [-0.2, 0) is 4.79 Å². The first-order valence-corrected chi connectivity index (χ1v) is 9.03. The van der Waals surface area contributed by atoms with Gasteiger partial charge in [0.1, 0.15) is 5.82 Å². The van der Waals surface area contributed by atoms with Gasteiger partial charge in [0.15, 0.2) is 0 Å². The van der Waals surface area contributed by atoms with Crippen molar-refractivity contribution in [2.75, 3.05) is 5.32 Å². The van der Waals surface area contributed by atoms with Crippen LogP contribution in [0.5, 0.6) is 0 Å². The fourth-order valence-electron chi connectivity index (χ4n) is 3.04. The zero-order valence-electron chi connectivity index (χ0n) is 13.1. The Balaban J connectivity index is 1.35. The van der Waals surface area contributed by atoms with Crippen molar-refractivity contribution >= 4 is 34.4 Å². The second-order valence-corrected chi connectivity index (χ2v) is 8.44. The Kier molecular flexibility index (Phi) is 2.69. The summed E-state index contributed by atoms with van der Waals surface area (Å²) in [7, 11) is 0. The minimum absolute atomic E-state index is 0.0159. The molecule has 3 aliphatic carbocycles. The number of amides is 1. The largest absolute Gasteiger partial charge is 0.310 e. The zero-order chi connectivity index (χ0) is 15.7. The standard InChI is InChI=1S/C18H19N3OS/c1-17(4-5-17)21-23-14-3-2-11-10-19-15(7-12(11)6-14)20-16(22)18-8-13(18)9-18/h2-3,6-7,10,13,21H,4-5,8-9H2,1H3,(H,19,20,22). The second-order valence-electron chi connectivity index (χ2n) is 7.56. The number of rotatable bonds is 5. The Morgan fingerprint density at radius 2 is 2.04 bits per heavy atom. The van der Waals surface area contributed by atoms with Crippen molar-refractivity contribution in [3.8, 4) is 0 Å². The van der Waals surface area contributed by atoms with E-state index >= 15 is 0 Å². The number of benzene rings is 1. The summed E-state index contributed by atoms with van der Waals surface area (Å²) in [5.74, 6) is 1.47. The van der Waals surface area contributed by atoms with Gasteiger partial charge in [-0.05, 0) is 74.1 Å². The van der Waals surface area contributed by atoms with Gasteiger partial charge in [0.05, 0.1) is 5.41 Å². The van der Waals surface area contributed by atoms with Crippen LogP contribution >= 0.6 is 11.9 Å². The number of anilines is 1. The Morgan fingerprint density at radius 3 is 2.74 bits per heavy atom. The molecule has 3 aliphatic rings. The van der Waals surface area contributed by atoms with Crippen LogP contribution in [0.25, 0.3) is 10.8 Å². The van der Waals surface area contributed by atoms with Gasteiger partial charge in [-0.25, -0.2) is 4.98 Å². The van der Waals surface area contributed by atoms with Crippen molar-refractivity contribution in [2.45, 2.75) is 43.0 Å². The third-order valence-corrected chi connectivity index (χ3v) is 6.57. The Labute approximate surface area is 139 Å². The highest BCUT2D eigenvalue weighted by Gasteiger charge is 2.74. The van der Waals surface area contributed by atoms with E-state index in [-0.39, 0.29) is 11.3 Å². The van der Waals surface area contributed by atoms with E-state index in [0.717, 1.165) is 23.6 Å².